The maximum atomic E-state index is 12.9. The molecule has 7 nitrogen and oxygen atoms in total. The molecule has 2 heterocycles. The van der Waals surface area contributed by atoms with Crippen molar-refractivity contribution in [1.82, 2.24) is 14.6 Å². The Morgan fingerprint density at radius 3 is 2.44 bits per heavy atom. The van der Waals surface area contributed by atoms with Gasteiger partial charge in [-0.25, -0.2) is 13.4 Å². The van der Waals surface area contributed by atoms with E-state index in [2.05, 4.69) is 10.3 Å². The average Bonchev–Trinajstić information content (AvgIpc) is 2.89. The number of pyridine rings is 1. The highest BCUT2D eigenvalue weighted by atomic mass is 32.2. The van der Waals surface area contributed by atoms with E-state index < -0.39 is 10.0 Å². The van der Waals surface area contributed by atoms with Gasteiger partial charge in [-0.2, -0.15) is 4.31 Å². The molecule has 1 aliphatic heterocycles. The molecule has 0 spiro atoms. The molecule has 1 aromatic heterocycles. The van der Waals surface area contributed by atoms with Crippen molar-refractivity contribution in [2.24, 2.45) is 0 Å². The second-order valence-electron chi connectivity index (χ2n) is 6.66. The van der Waals surface area contributed by atoms with Gasteiger partial charge in [0, 0.05) is 46.3 Å². The summed E-state index contributed by atoms with van der Waals surface area (Å²) in [6, 6.07) is 10.3. The summed E-state index contributed by atoms with van der Waals surface area (Å²) in [6.07, 6.45) is 1.03. The molecule has 1 amide bonds. The van der Waals surface area contributed by atoms with E-state index in [0.29, 0.717) is 42.2 Å². The quantitative estimate of drug-likeness (QED) is 0.854. The third kappa shape index (κ3) is 3.81. The van der Waals surface area contributed by atoms with E-state index in [1.807, 2.05) is 20.2 Å². The van der Waals surface area contributed by atoms with Crippen LogP contribution in [0.4, 0.5) is 5.82 Å². The van der Waals surface area contributed by atoms with Crippen LogP contribution >= 0.6 is 0 Å². The normalized spacial score (nSPS) is 14.9. The minimum absolute atomic E-state index is 0.202. The summed E-state index contributed by atoms with van der Waals surface area (Å²) in [7, 11) is 1.71. The van der Waals surface area contributed by atoms with Crippen LogP contribution < -0.4 is 10.2 Å². The molecule has 1 N–H and O–H groups in total. The average molecular weight is 388 g/mol. The summed E-state index contributed by atoms with van der Waals surface area (Å²) in [5.41, 5.74) is 2.27. The molecule has 1 aliphatic rings. The van der Waals surface area contributed by atoms with Crippen LogP contribution in [0.1, 0.15) is 21.6 Å². The summed E-state index contributed by atoms with van der Waals surface area (Å²) in [4.78, 5) is 19.0. The van der Waals surface area contributed by atoms with Gasteiger partial charge in [0.05, 0.1) is 10.5 Å². The van der Waals surface area contributed by atoms with Crippen molar-refractivity contribution in [1.29, 1.82) is 0 Å². The van der Waals surface area contributed by atoms with Gasteiger partial charge in [0.2, 0.25) is 10.0 Å². The van der Waals surface area contributed by atoms with Crippen molar-refractivity contribution in [2.75, 3.05) is 39.1 Å². The van der Waals surface area contributed by atoms with Gasteiger partial charge in [0.1, 0.15) is 5.82 Å². The highest BCUT2D eigenvalue weighted by molar-refractivity contribution is 7.89. The van der Waals surface area contributed by atoms with E-state index >= 15 is 0 Å². The molecular formula is C19H24N4O3S. The summed E-state index contributed by atoms with van der Waals surface area (Å²) in [5.74, 6) is 0.388. The van der Waals surface area contributed by atoms with Crippen LogP contribution in [0.25, 0.3) is 0 Å². The van der Waals surface area contributed by atoms with Gasteiger partial charge < -0.3 is 10.2 Å². The molecule has 3 rings (SSSR count). The molecule has 144 valence electrons. The van der Waals surface area contributed by atoms with Crippen LogP contribution in [0.15, 0.2) is 41.3 Å². The number of amides is 1. The smallest absolute Gasteiger partial charge is 0.254 e. The Hall–Kier alpha value is -2.45. The first-order valence-corrected chi connectivity index (χ1v) is 10.3. The van der Waals surface area contributed by atoms with Crippen molar-refractivity contribution in [3.63, 3.8) is 0 Å². The van der Waals surface area contributed by atoms with Crippen LogP contribution in [0.3, 0.4) is 0 Å². The molecule has 27 heavy (non-hydrogen) atoms. The SMILES string of the molecule is CNC(=O)c1cc2c(nc1N(C)C)CCN(S(=O)(=O)c1ccccc1)CC2. The number of hydrogen-bond donors (Lipinski definition) is 1. The van der Waals surface area contributed by atoms with Crippen LogP contribution in [0, 0.1) is 0 Å². The lowest BCUT2D eigenvalue weighted by molar-refractivity contribution is 0.0963. The molecule has 0 unspecified atom stereocenters. The lowest BCUT2D eigenvalue weighted by atomic mass is 10.0. The largest absolute Gasteiger partial charge is 0.362 e. The van der Waals surface area contributed by atoms with Gasteiger partial charge in [0.15, 0.2) is 0 Å². The maximum absolute atomic E-state index is 12.9. The summed E-state index contributed by atoms with van der Waals surface area (Å²) >= 11 is 0. The number of rotatable bonds is 4. The highest BCUT2D eigenvalue weighted by Gasteiger charge is 2.28. The predicted octanol–water partition coefficient (Wildman–Crippen LogP) is 1.30. The lowest BCUT2D eigenvalue weighted by Crippen LogP contribution is -2.33. The first-order chi connectivity index (χ1) is 12.8. The number of anilines is 1. The molecular weight excluding hydrogens is 364 g/mol. The molecule has 0 bridgehead atoms. The first-order valence-electron chi connectivity index (χ1n) is 8.82. The molecule has 0 saturated heterocycles. The fourth-order valence-corrected chi connectivity index (χ4v) is 4.69. The van der Waals surface area contributed by atoms with Crippen LogP contribution in [0.2, 0.25) is 0 Å². The highest BCUT2D eigenvalue weighted by Crippen LogP contribution is 2.25. The predicted molar refractivity (Wildman–Crippen MR) is 105 cm³/mol. The van der Waals surface area contributed by atoms with Crippen molar-refractivity contribution in [2.45, 2.75) is 17.7 Å². The Kier molecular flexibility index (Phi) is 5.48. The standard InChI is InChI=1S/C19H24N4O3S/c1-20-19(24)16-13-14-9-11-23(12-10-17(14)21-18(16)22(2)3)27(25,26)15-7-5-4-6-8-15/h4-8,13H,9-12H2,1-3H3,(H,20,24). The van der Waals surface area contributed by atoms with Crippen molar-refractivity contribution >= 4 is 21.7 Å². The van der Waals surface area contributed by atoms with Gasteiger partial charge >= 0.3 is 0 Å². The van der Waals surface area contributed by atoms with Gasteiger partial charge in [-0.05, 0) is 30.2 Å². The van der Waals surface area contributed by atoms with Gasteiger partial charge in [0.25, 0.3) is 5.91 Å². The summed E-state index contributed by atoms with van der Waals surface area (Å²) < 4.78 is 27.3. The zero-order valence-electron chi connectivity index (χ0n) is 15.8. The summed E-state index contributed by atoms with van der Waals surface area (Å²) in [5, 5.41) is 2.64. The number of fused-ring (bicyclic) bond motifs is 1. The minimum atomic E-state index is -3.54. The summed E-state index contributed by atoms with van der Waals surface area (Å²) in [6.45, 7) is 0.726. The third-order valence-corrected chi connectivity index (χ3v) is 6.59. The van der Waals surface area contributed by atoms with E-state index in [1.165, 1.54) is 4.31 Å². The van der Waals surface area contributed by atoms with Crippen LogP contribution in [-0.2, 0) is 22.9 Å². The first kappa shape index (κ1) is 19.3. The second kappa shape index (κ2) is 7.66. The van der Waals surface area contributed by atoms with Gasteiger partial charge in [-0.1, -0.05) is 18.2 Å². The Bertz CT molecular complexity index is 943. The molecule has 8 heteroatoms. The number of sulfonamides is 1. The maximum Gasteiger partial charge on any atom is 0.254 e. The van der Waals surface area contributed by atoms with E-state index in [1.54, 1.807) is 42.3 Å². The fourth-order valence-electron chi connectivity index (χ4n) is 3.23. The number of carbonyl (C=O) groups excluding carboxylic acids is 1. The fraction of sp³-hybridized carbons (Fsp3) is 0.368. The number of nitrogens with one attached hydrogen (secondary N) is 1. The minimum Gasteiger partial charge on any atom is -0.362 e. The van der Waals surface area contributed by atoms with Crippen molar-refractivity contribution < 1.29 is 13.2 Å². The van der Waals surface area contributed by atoms with E-state index in [4.69, 9.17) is 0 Å². The number of hydrogen-bond acceptors (Lipinski definition) is 5. The number of aromatic nitrogens is 1. The Labute approximate surface area is 160 Å². The monoisotopic (exact) mass is 388 g/mol. The topological polar surface area (TPSA) is 82.6 Å². The zero-order chi connectivity index (χ0) is 19.6. The molecule has 0 atom stereocenters. The van der Waals surface area contributed by atoms with Crippen LogP contribution in [0.5, 0.6) is 0 Å². The van der Waals surface area contributed by atoms with Gasteiger partial charge in [-0.3, -0.25) is 4.79 Å². The number of benzene rings is 1. The molecule has 2 aromatic rings. The molecule has 0 saturated carbocycles. The second-order valence-corrected chi connectivity index (χ2v) is 8.59. The third-order valence-electron chi connectivity index (χ3n) is 4.68. The molecule has 0 radical (unpaired) electrons. The van der Waals surface area contributed by atoms with E-state index in [0.717, 1.165) is 11.3 Å². The van der Waals surface area contributed by atoms with E-state index in [9.17, 15) is 13.2 Å². The number of carbonyl (C=O) groups is 1. The lowest BCUT2D eigenvalue weighted by Gasteiger charge is -2.19. The molecule has 0 aliphatic carbocycles. The number of nitrogens with zero attached hydrogens (tertiary/aromatic N) is 3. The zero-order valence-corrected chi connectivity index (χ0v) is 16.6. The van der Waals surface area contributed by atoms with Crippen molar-refractivity contribution in [3.05, 3.63) is 53.2 Å². The Morgan fingerprint density at radius 1 is 1.15 bits per heavy atom. The molecule has 0 fully saturated rings. The van der Waals surface area contributed by atoms with Crippen LogP contribution in [-0.4, -0.2) is 57.8 Å². The van der Waals surface area contributed by atoms with E-state index in [-0.39, 0.29) is 5.91 Å². The van der Waals surface area contributed by atoms with Crippen molar-refractivity contribution in [3.8, 4) is 0 Å². The Morgan fingerprint density at radius 2 is 1.81 bits per heavy atom. The molecule has 1 aromatic carbocycles. The van der Waals surface area contributed by atoms with Gasteiger partial charge in [-0.15, -0.1) is 0 Å². The Balaban J connectivity index is 1.93.